The van der Waals surface area contributed by atoms with E-state index in [0.717, 1.165) is 128 Å². The van der Waals surface area contributed by atoms with Crippen LogP contribution in [0.3, 0.4) is 0 Å². The van der Waals surface area contributed by atoms with E-state index in [4.69, 9.17) is 11.5 Å². The molecule has 4 aliphatic carbocycles. The maximum Gasteiger partial charge on any atom is 0.317 e. The summed E-state index contributed by atoms with van der Waals surface area (Å²) in [5, 5.41) is 13.2. The van der Waals surface area contributed by atoms with Gasteiger partial charge >= 0.3 is 12.1 Å². The fourth-order valence-corrected chi connectivity index (χ4v) is 10.5. The zero-order chi connectivity index (χ0) is 37.2. The van der Waals surface area contributed by atoms with Gasteiger partial charge in [0.05, 0.1) is 0 Å². The van der Waals surface area contributed by atoms with Crippen LogP contribution in [0.15, 0.2) is 0 Å². The van der Waals surface area contributed by atoms with Gasteiger partial charge in [-0.3, -0.25) is 9.59 Å². The van der Waals surface area contributed by atoms with E-state index >= 15 is 0 Å². The van der Waals surface area contributed by atoms with Crippen molar-refractivity contribution in [1.29, 1.82) is 0 Å². The van der Waals surface area contributed by atoms with Gasteiger partial charge in [0, 0.05) is 62.2 Å². The minimum atomic E-state index is 0. The number of piperidine rings is 2. The Morgan fingerprint density at radius 1 is 0.400 bits per heavy atom. The smallest absolute Gasteiger partial charge is 0.317 e. The molecule has 6 rings (SSSR count). The van der Waals surface area contributed by atoms with Crippen LogP contribution in [0.1, 0.15) is 135 Å². The minimum absolute atomic E-state index is 0. The Kier molecular flexibility index (Phi) is 18.9. The van der Waals surface area contributed by atoms with Gasteiger partial charge < -0.3 is 42.5 Å². The van der Waals surface area contributed by atoms with Gasteiger partial charge in [0.2, 0.25) is 11.8 Å². The van der Waals surface area contributed by atoms with Gasteiger partial charge in [0.15, 0.2) is 0 Å². The first-order valence-corrected chi connectivity index (χ1v) is 21.9. The van der Waals surface area contributed by atoms with Crippen molar-refractivity contribution in [2.75, 3.05) is 39.3 Å². The lowest BCUT2D eigenvalue weighted by molar-refractivity contribution is -0.128. The summed E-state index contributed by atoms with van der Waals surface area (Å²) >= 11 is 0. The number of hydrogen-bond donors (Lipinski definition) is 6. The molecule has 0 spiro atoms. The van der Waals surface area contributed by atoms with E-state index in [1.54, 1.807) is 0 Å². The number of urea groups is 2. The van der Waals surface area contributed by atoms with Crippen LogP contribution in [0.4, 0.5) is 9.59 Å². The van der Waals surface area contributed by atoms with Crippen molar-refractivity contribution in [2.45, 2.75) is 159 Å². The van der Waals surface area contributed by atoms with Gasteiger partial charge in [-0.2, -0.15) is 0 Å². The zero-order valence-corrected chi connectivity index (χ0v) is 35.0. The van der Waals surface area contributed by atoms with Crippen LogP contribution in [-0.2, 0) is 9.59 Å². The molecule has 0 aromatic rings. The SMILES string of the molecule is Cl.Cl.NCC1CCC(C(=O)NC2CCN(C(=O)NC3CCC(CC4CCC(NC(=O)N5CCC(NC(=O)C6CCC(CN)CC6)CC5)CC4)CC3)CC2)CC1. The maximum atomic E-state index is 13.1. The molecule has 6 aliphatic rings. The number of hydrogen-bond acceptors (Lipinski definition) is 6. The fraction of sp³-hybridized carbons (Fsp3) is 0.902. The standard InChI is InChI=1S/C41H72N8O4.2ClH/c42-26-30-1-9-32(10-2-30)38(50)44-36-17-21-48(22-18-36)40(52)46-34-13-5-28(6-14-34)25-29-7-15-35(16-8-29)47-41(53)49-23-19-37(20-24-49)45-39(51)33-11-3-31(27-43)4-12-33;;/h28-37H,1-27,42-43H2,(H,44,50)(H,45,51)(H,46,52)(H,47,53);2*1H. The number of rotatable bonds is 10. The summed E-state index contributed by atoms with van der Waals surface area (Å²) < 4.78 is 0. The number of nitrogens with zero attached hydrogens (tertiary/aromatic N) is 2. The van der Waals surface area contributed by atoms with E-state index in [-0.39, 0.29) is 84.7 Å². The highest BCUT2D eigenvalue weighted by Gasteiger charge is 2.33. The summed E-state index contributed by atoms with van der Waals surface area (Å²) in [6.45, 7) is 4.25. The van der Waals surface area contributed by atoms with Crippen molar-refractivity contribution >= 4 is 48.7 Å². The van der Waals surface area contributed by atoms with Crippen molar-refractivity contribution in [3.63, 3.8) is 0 Å². The number of carbonyl (C=O) groups excluding carboxylic acids is 4. The predicted molar refractivity (Wildman–Crippen MR) is 222 cm³/mol. The molecule has 2 heterocycles. The van der Waals surface area contributed by atoms with Crippen molar-refractivity contribution in [3.05, 3.63) is 0 Å². The van der Waals surface area contributed by atoms with Crippen molar-refractivity contribution in [2.24, 2.45) is 47.0 Å². The van der Waals surface area contributed by atoms with Gasteiger partial charge in [0.1, 0.15) is 0 Å². The Labute approximate surface area is 343 Å². The number of halogens is 2. The molecule has 14 heteroatoms. The lowest BCUT2D eigenvalue weighted by Crippen LogP contribution is -2.52. The van der Waals surface area contributed by atoms with Gasteiger partial charge in [0.25, 0.3) is 0 Å². The van der Waals surface area contributed by atoms with E-state index in [2.05, 4.69) is 21.3 Å². The minimum Gasteiger partial charge on any atom is -0.353 e. The zero-order valence-electron chi connectivity index (χ0n) is 33.4. The third kappa shape index (κ3) is 13.5. The first-order chi connectivity index (χ1) is 25.8. The van der Waals surface area contributed by atoms with Crippen molar-refractivity contribution in [1.82, 2.24) is 31.1 Å². The second-order valence-corrected chi connectivity index (χ2v) is 18.0. The van der Waals surface area contributed by atoms with Gasteiger partial charge in [-0.1, -0.05) is 0 Å². The molecular weight excluding hydrogens is 739 g/mol. The average Bonchev–Trinajstić information content (AvgIpc) is 3.20. The van der Waals surface area contributed by atoms with E-state index in [9.17, 15) is 19.2 Å². The second-order valence-electron chi connectivity index (χ2n) is 18.0. The van der Waals surface area contributed by atoms with Crippen LogP contribution in [0, 0.1) is 35.5 Å². The number of likely N-dealkylation sites (tertiary alicyclic amines) is 2. The Bertz CT molecular complexity index is 1090. The molecule has 0 unspecified atom stereocenters. The summed E-state index contributed by atoms with van der Waals surface area (Å²) in [4.78, 5) is 55.7. The first kappa shape index (κ1) is 45.7. The molecule has 0 radical (unpaired) electrons. The van der Waals surface area contributed by atoms with Gasteiger partial charge in [-0.25, -0.2) is 9.59 Å². The highest BCUT2D eigenvalue weighted by atomic mass is 35.5. The summed E-state index contributed by atoms with van der Waals surface area (Å²) in [6, 6.07) is 0.975. The lowest BCUT2D eigenvalue weighted by atomic mass is 9.75. The Morgan fingerprint density at radius 2 is 0.691 bits per heavy atom. The molecular formula is C41H74Cl2N8O4. The molecule has 0 aromatic carbocycles. The molecule has 2 aliphatic heterocycles. The van der Waals surface area contributed by atoms with Crippen LogP contribution >= 0.6 is 24.8 Å². The summed E-state index contributed by atoms with van der Waals surface area (Å²) in [5.41, 5.74) is 11.6. The topological polar surface area (TPSA) is 175 Å². The molecule has 316 valence electrons. The molecule has 6 amide bonds. The van der Waals surface area contributed by atoms with E-state index in [1.165, 1.54) is 32.1 Å². The fourth-order valence-electron chi connectivity index (χ4n) is 10.5. The molecule has 8 N–H and O–H groups in total. The Morgan fingerprint density at radius 3 is 1.00 bits per heavy atom. The van der Waals surface area contributed by atoms with E-state index in [0.29, 0.717) is 38.0 Å². The highest BCUT2D eigenvalue weighted by Crippen LogP contribution is 2.36. The average molecular weight is 814 g/mol. The van der Waals surface area contributed by atoms with Crippen LogP contribution in [0.25, 0.3) is 0 Å². The molecule has 6 fully saturated rings. The third-order valence-electron chi connectivity index (χ3n) is 14.4. The second kappa shape index (κ2) is 22.8. The monoisotopic (exact) mass is 813 g/mol. The molecule has 0 atom stereocenters. The highest BCUT2D eigenvalue weighted by molar-refractivity contribution is 5.85. The maximum absolute atomic E-state index is 13.1. The normalized spacial score (nSPS) is 32.3. The number of amides is 6. The van der Waals surface area contributed by atoms with Crippen LogP contribution < -0.4 is 32.7 Å². The largest absolute Gasteiger partial charge is 0.353 e. The molecule has 0 bridgehead atoms. The molecule has 12 nitrogen and oxygen atoms in total. The van der Waals surface area contributed by atoms with Crippen LogP contribution in [0.5, 0.6) is 0 Å². The first-order valence-electron chi connectivity index (χ1n) is 21.9. The molecule has 4 saturated carbocycles. The number of nitrogens with one attached hydrogen (secondary N) is 4. The van der Waals surface area contributed by atoms with E-state index < -0.39 is 0 Å². The van der Waals surface area contributed by atoms with Crippen LogP contribution in [-0.4, -0.2) is 97.1 Å². The third-order valence-corrected chi connectivity index (χ3v) is 14.4. The number of nitrogens with two attached hydrogens (primary N) is 2. The van der Waals surface area contributed by atoms with Gasteiger partial charge in [-0.05, 0) is 172 Å². The molecule has 55 heavy (non-hydrogen) atoms. The predicted octanol–water partition coefficient (Wildman–Crippen LogP) is 5.45. The van der Waals surface area contributed by atoms with Crippen molar-refractivity contribution in [3.8, 4) is 0 Å². The molecule has 2 saturated heterocycles. The van der Waals surface area contributed by atoms with Crippen molar-refractivity contribution < 1.29 is 19.2 Å². The summed E-state index contributed by atoms with van der Waals surface area (Å²) in [6.07, 6.45) is 21.5. The number of carbonyl (C=O) groups is 4. The Hall–Kier alpha value is -2.02. The quantitative estimate of drug-likeness (QED) is 0.171. The van der Waals surface area contributed by atoms with E-state index in [1.807, 2.05) is 9.80 Å². The van der Waals surface area contributed by atoms with Crippen LogP contribution in [0.2, 0.25) is 0 Å². The Balaban J connectivity index is 0.00000336. The molecule has 0 aromatic heterocycles. The van der Waals surface area contributed by atoms with Gasteiger partial charge in [-0.15, -0.1) is 24.8 Å². The summed E-state index contributed by atoms with van der Waals surface area (Å²) in [7, 11) is 0. The summed E-state index contributed by atoms with van der Waals surface area (Å²) in [5.74, 6) is 3.24. The lowest BCUT2D eigenvalue weighted by Gasteiger charge is -2.37.